The fourth-order valence-corrected chi connectivity index (χ4v) is 3.54. The SMILES string of the molecule is Cc1cc(CCN2CCC(Cn3nc(-n4cccn4)ccc3=O)CC2)on1. The summed E-state index contributed by atoms with van der Waals surface area (Å²) in [5.41, 5.74) is 0.869. The van der Waals surface area contributed by atoms with Gasteiger partial charge in [-0.2, -0.15) is 5.10 Å². The van der Waals surface area contributed by atoms with Gasteiger partial charge in [0.25, 0.3) is 5.56 Å². The third kappa shape index (κ3) is 4.33. The molecule has 3 aromatic heterocycles. The zero-order valence-corrected chi connectivity index (χ0v) is 15.5. The Bertz CT molecular complexity index is 922. The number of aryl methyl sites for hydroxylation is 1. The third-order valence-corrected chi connectivity index (χ3v) is 5.08. The average molecular weight is 368 g/mol. The molecule has 0 aliphatic carbocycles. The highest BCUT2D eigenvalue weighted by Crippen LogP contribution is 2.19. The van der Waals surface area contributed by atoms with E-state index in [9.17, 15) is 4.79 Å². The van der Waals surface area contributed by atoms with Gasteiger partial charge in [0.2, 0.25) is 0 Å². The molecule has 0 atom stereocenters. The van der Waals surface area contributed by atoms with Crippen LogP contribution in [0.5, 0.6) is 0 Å². The van der Waals surface area contributed by atoms with Crippen molar-refractivity contribution < 1.29 is 4.52 Å². The van der Waals surface area contributed by atoms with Gasteiger partial charge in [0, 0.05) is 44.0 Å². The largest absolute Gasteiger partial charge is 0.361 e. The van der Waals surface area contributed by atoms with Crippen molar-refractivity contribution in [3.8, 4) is 5.82 Å². The van der Waals surface area contributed by atoms with E-state index in [1.165, 1.54) is 0 Å². The van der Waals surface area contributed by atoms with Crippen molar-refractivity contribution in [1.29, 1.82) is 0 Å². The van der Waals surface area contributed by atoms with E-state index in [2.05, 4.69) is 20.3 Å². The van der Waals surface area contributed by atoms with Crippen molar-refractivity contribution in [2.45, 2.75) is 32.7 Å². The molecule has 8 nitrogen and oxygen atoms in total. The minimum atomic E-state index is -0.0611. The van der Waals surface area contributed by atoms with E-state index in [4.69, 9.17) is 4.52 Å². The Labute approximate surface area is 157 Å². The summed E-state index contributed by atoms with van der Waals surface area (Å²) in [5, 5.41) is 12.6. The highest BCUT2D eigenvalue weighted by atomic mass is 16.5. The van der Waals surface area contributed by atoms with E-state index in [1.807, 2.05) is 25.3 Å². The number of hydrogen-bond acceptors (Lipinski definition) is 6. The maximum atomic E-state index is 12.2. The number of aromatic nitrogens is 5. The lowest BCUT2D eigenvalue weighted by Crippen LogP contribution is -2.37. The van der Waals surface area contributed by atoms with E-state index < -0.39 is 0 Å². The second kappa shape index (κ2) is 7.87. The van der Waals surface area contributed by atoms with E-state index in [-0.39, 0.29) is 5.56 Å². The monoisotopic (exact) mass is 368 g/mol. The summed E-state index contributed by atoms with van der Waals surface area (Å²) in [7, 11) is 0. The number of likely N-dealkylation sites (tertiary alicyclic amines) is 1. The topological polar surface area (TPSA) is 82.0 Å². The Morgan fingerprint density at radius 3 is 2.81 bits per heavy atom. The van der Waals surface area contributed by atoms with Crippen LogP contribution in [-0.2, 0) is 13.0 Å². The molecule has 0 bridgehead atoms. The van der Waals surface area contributed by atoms with Crippen molar-refractivity contribution in [2.75, 3.05) is 19.6 Å². The molecule has 4 rings (SSSR count). The van der Waals surface area contributed by atoms with Gasteiger partial charge in [0.1, 0.15) is 5.76 Å². The average Bonchev–Trinajstić information content (AvgIpc) is 3.35. The Kier molecular flexibility index (Phi) is 5.15. The Hall–Kier alpha value is -2.74. The van der Waals surface area contributed by atoms with E-state index >= 15 is 0 Å². The highest BCUT2D eigenvalue weighted by Gasteiger charge is 2.20. The van der Waals surface area contributed by atoms with Gasteiger partial charge in [-0.25, -0.2) is 9.36 Å². The summed E-state index contributed by atoms with van der Waals surface area (Å²) in [6.07, 6.45) is 6.54. The minimum Gasteiger partial charge on any atom is -0.361 e. The van der Waals surface area contributed by atoms with E-state index in [1.54, 1.807) is 27.7 Å². The molecular formula is C19H24N6O2. The zero-order chi connectivity index (χ0) is 18.6. The van der Waals surface area contributed by atoms with Crippen molar-refractivity contribution in [3.05, 3.63) is 58.5 Å². The lowest BCUT2D eigenvalue weighted by atomic mass is 9.96. The van der Waals surface area contributed by atoms with Crippen LogP contribution in [0.15, 0.2) is 46.0 Å². The van der Waals surface area contributed by atoms with Crippen LogP contribution >= 0.6 is 0 Å². The number of rotatable bonds is 6. The van der Waals surface area contributed by atoms with Gasteiger partial charge in [0.05, 0.1) is 5.69 Å². The molecular weight excluding hydrogens is 344 g/mol. The Morgan fingerprint density at radius 2 is 2.11 bits per heavy atom. The van der Waals surface area contributed by atoms with Crippen LogP contribution in [0.3, 0.4) is 0 Å². The standard InChI is InChI=1S/C19H24N6O2/c1-15-13-17(27-22-15)7-12-23-10-5-16(6-11-23)14-25-19(26)4-3-18(21-25)24-9-2-8-20-24/h2-4,8-9,13,16H,5-7,10-12,14H2,1H3. The quantitative estimate of drug-likeness (QED) is 0.658. The smallest absolute Gasteiger partial charge is 0.266 e. The number of hydrogen-bond donors (Lipinski definition) is 0. The van der Waals surface area contributed by atoms with Gasteiger partial charge >= 0.3 is 0 Å². The second-order valence-corrected chi connectivity index (χ2v) is 7.13. The zero-order valence-electron chi connectivity index (χ0n) is 15.5. The summed E-state index contributed by atoms with van der Waals surface area (Å²) in [6, 6.07) is 7.11. The fourth-order valence-electron chi connectivity index (χ4n) is 3.54. The summed E-state index contributed by atoms with van der Waals surface area (Å²) in [5.74, 6) is 2.08. The molecule has 0 N–H and O–H groups in total. The van der Waals surface area contributed by atoms with Crippen LogP contribution in [0.2, 0.25) is 0 Å². The van der Waals surface area contributed by atoms with Gasteiger partial charge in [-0.15, -0.1) is 5.10 Å². The molecule has 4 heterocycles. The van der Waals surface area contributed by atoms with Gasteiger partial charge in [-0.1, -0.05) is 5.16 Å². The Balaban J connectivity index is 1.31. The molecule has 3 aromatic rings. The lowest BCUT2D eigenvalue weighted by molar-refractivity contribution is 0.168. The van der Waals surface area contributed by atoms with Crippen molar-refractivity contribution in [2.24, 2.45) is 5.92 Å². The lowest BCUT2D eigenvalue weighted by Gasteiger charge is -2.31. The first-order valence-electron chi connectivity index (χ1n) is 9.40. The molecule has 0 unspecified atom stereocenters. The van der Waals surface area contributed by atoms with Crippen molar-refractivity contribution in [3.63, 3.8) is 0 Å². The maximum Gasteiger partial charge on any atom is 0.266 e. The second-order valence-electron chi connectivity index (χ2n) is 7.13. The number of nitrogens with zero attached hydrogens (tertiary/aromatic N) is 6. The highest BCUT2D eigenvalue weighted by molar-refractivity contribution is 5.17. The predicted octanol–water partition coefficient (Wildman–Crippen LogP) is 1.68. The molecule has 27 heavy (non-hydrogen) atoms. The van der Waals surface area contributed by atoms with Crippen LogP contribution < -0.4 is 5.56 Å². The molecule has 1 saturated heterocycles. The molecule has 0 saturated carbocycles. The van der Waals surface area contributed by atoms with Crippen LogP contribution in [0.25, 0.3) is 5.82 Å². The summed E-state index contributed by atoms with van der Waals surface area (Å²) in [4.78, 5) is 14.6. The first-order chi connectivity index (χ1) is 13.2. The fraction of sp³-hybridized carbons (Fsp3) is 0.474. The van der Waals surface area contributed by atoms with Gasteiger partial charge in [-0.05, 0) is 50.9 Å². The van der Waals surface area contributed by atoms with Gasteiger partial charge in [0.15, 0.2) is 5.82 Å². The number of piperidine rings is 1. The normalized spacial score (nSPS) is 16.0. The van der Waals surface area contributed by atoms with Gasteiger partial charge < -0.3 is 9.42 Å². The Morgan fingerprint density at radius 1 is 1.26 bits per heavy atom. The van der Waals surface area contributed by atoms with Gasteiger partial charge in [-0.3, -0.25) is 4.79 Å². The molecule has 8 heteroatoms. The molecule has 142 valence electrons. The van der Waals surface area contributed by atoms with E-state index in [0.29, 0.717) is 18.3 Å². The minimum absolute atomic E-state index is 0.0611. The first-order valence-corrected chi connectivity index (χ1v) is 9.40. The molecule has 0 radical (unpaired) electrons. The third-order valence-electron chi connectivity index (χ3n) is 5.08. The predicted molar refractivity (Wildman–Crippen MR) is 99.7 cm³/mol. The van der Waals surface area contributed by atoms with Crippen LogP contribution in [0.1, 0.15) is 24.3 Å². The molecule has 1 fully saturated rings. The van der Waals surface area contributed by atoms with Crippen LogP contribution in [-0.4, -0.2) is 49.3 Å². The molecule has 1 aliphatic heterocycles. The van der Waals surface area contributed by atoms with Crippen molar-refractivity contribution >= 4 is 0 Å². The summed E-state index contributed by atoms with van der Waals surface area (Å²) in [6.45, 7) is 5.64. The molecule has 1 aliphatic rings. The molecule has 0 aromatic carbocycles. The maximum absolute atomic E-state index is 12.2. The van der Waals surface area contributed by atoms with Crippen LogP contribution in [0.4, 0.5) is 0 Å². The summed E-state index contributed by atoms with van der Waals surface area (Å²) < 4.78 is 8.53. The first kappa shape index (κ1) is 17.7. The van der Waals surface area contributed by atoms with E-state index in [0.717, 1.165) is 50.4 Å². The van der Waals surface area contributed by atoms with Crippen LogP contribution in [0, 0.1) is 12.8 Å². The molecule has 0 amide bonds. The van der Waals surface area contributed by atoms with Crippen molar-refractivity contribution in [1.82, 2.24) is 29.6 Å². The summed E-state index contributed by atoms with van der Waals surface area (Å²) >= 11 is 0. The molecule has 0 spiro atoms.